The van der Waals surface area contributed by atoms with Gasteiger partial charge in [-0.1, -0.05) is 249 Å². The van der Waals surface area contributed by atoms with E-state index >= 15 is 0 Å². The molecule has 0 aromatic rings. The first-order chi connectivity index (χ1) is 34.5. The highest BCUT2D eigenvalue weighted by molar-refractivity contribution is 5.71. The first kappa shape index (κ1) is 67.4. The number of rotatable bonds is 56. The lowest BCUT2D eigenvalue weighted by molar-refractivity contribution is -0.167. The van der Waals surface area contributed by atoms with Crippen molar-refractivity contribution in [3.8, 4) is 0 Å². The molecule has 0 rings (SSSR count). The molecule has 0 spiro atoms. The third-order valence-electron chi connectivity index (χ3n) is 13.5. The van der Waals surface area contributed by atoms with Crippen LogP contribution >= 0.6 is 0 Å². The Kier molecular flexibility index (Phi) is 56.7. The van der Waals surface area contributed by atoms with Crippen LogP contribution in [0.2, 0.25) is 0 Å². The van der Waals surface area contributed by atoms with E-state index < -0.39 is 6.10 Å². The SMILES string of the molecule is CCCCCC/C=C\C/C=C\CCCCCCCCCC(=O)OC(COC(=O)CCCCCCC/C=C\CCCCCCCC)COC(=O)CCCCCCCCCCC/C=C\CCCCCCCC. The van der Waals surface area contributed by atoms with Crippen LogP contribution in [0.4, 0.5) is 0 Å². The molecule has 0 radical (unpaired) electrons. The predicted molar refractivity (Wildman–Crippen MR) is 302 cm³/mol. The molecule has 0 heterocycles. The van der Waals surface area contributed by atoms with Crippen molar-refractivity contribution in [1.82, 2.24) is 0 Å². The van der Waals surface area contributed by atoms with Crippen molar-refractivity contribution in [2.24, 2.45) is 0 Å². The zero-order chi connectivity index (χ0) is 50.7. The lowest BCUT2D eigenvalue weighted by atomic mass is 10.1. The number of hydrogen-bond donors (Lipinski definition) is 0. The van der Waals surface area contributed by atoms with Crippen LogP contribution in [0.5, 0.6) is 0 Å². The van der Waals surface area contributed by atoms with E-state index in [1.54, 1.807) is 0 Å². The highest BCUT2D eigenvalue weighted by atomic mass is 16.6. The van der Waals surface area contributed by atoms with E-state index in [1.165, 1.54) is 205 Å². The molecule has 0 aliphatic rings. The number of allylic oxidation sites excluding steroid dienone is 8. The molecular formula is C64H116O6. The lowest BCUT2D eigenvalue weighted by Gasteiger charge is -2.18. The number of unbranched alkanes of at least 4 members (excludes halogenated alkanes) is 37. The van der Waals surface area contributed by atoms with Gasteiger partial charge in [0.1, 0.15) is 13.2 Å². The van der Waals surface area contributed by atoms with Gasteiger partial charge in [0.2, 0.25) is 0 Å². The molecule has 6 nitrogen and oxygen atoms in total. The van der Waals surface area contributed by atoms with Gasteiger partial charge in [-0.05, 0) is 103 Å². The minimum Gasteiger partial charge on any atom is -0.462 e. The van der Waals surface area contributed by atoms with Crippen LogP contribution in [0, 0.1) is 0 Å². The summed E-state index contributed by atoms with van der Waals surface area (Å²) in [7, 11) is 0. The Morgan fingerprint density at radius 1 is 0.286 bits per heavy atom. The van der Waals surface area contributed by atoms with Gasteiger partial charge in [0.15, 0.2) is 6.10 Å². The molecule has 0 aromatic carbocycles. The third-order valence-corrected chi connectivity index (χ3v) is 13.5. The molecule has 0 bridgehead atoms. The van der Waals surface area contributed by atoms with Gasteiger partial charge >= 0.3 is 17.9 Å². The summed E-state index contributed by atoms with van der Waals surface area (Å²) in [5.41, 5.74) is 0. The fourth-order valence-corrected chi connectivity index (χ4v) is 8.88. The number of esters is 3. The zero-order valence-corrected chi connectivity index (χ0v) is 46.8. The summed E-state index contributed by atoms with van der Waals surface area (Å²) >= 11 is 0. The molecular weight excluding hydrogens is 865 g/mol. The van der Waals surface area contributed by atoms with Gasteiger partial charge in [0, 0.05) is 19.3 Å². The van der Waals surface area contributed by atoms with Gasteiger partial charge < -0.3 is 14.2 Å². The molecule has 0 aliphatic carbocycles. The van der Waals surface area contributed by atoms with Crippen LogP contribution in [0.3, 0.4) is 0 Å². The average molecular weight is 982 g/mol. The summed E-state index contributed by atoms with van der Waals surface area (Å²) in [4.78, 5) is 38.2. The first-order valence-electron chi connectivity index (χ1n) is 30.6. The van der Waals surface area contributed by atoms with Crippen LogP contribution in [0.25, 0.3) is 0 Å². The Morgan fingerprint density at radius 2 is 0.514 bits per heavy atom. The molecule has 0 aromatic heterocycles. The van der Waals surface area contributed by atoms with Gasteiger partial charge in [0.05, 0.1) is 0 Å². The summed E-state index contributed by atoms with van der Waals surface area (Å²) in [5, 5.41) is 0. The van der Waals surface area contributed by atoms with Gasteiger partial charge in [-0.25, -0.2) is 0 Å². The highest BCUT2D eigenvalue weighted by Gasteiger charge is 2.19. The Labute approximate surface area is 435 Å². The van der Waals surface area contributed by atoms with Crippen LogP contribution in [0.1, 0.15) is 323 Å². The van der Waals surface area contributed by atoms with Crippen molar-refractivity contribution in [1.29, 1.82) is 0 Å². The molecule has 408 valence electrons. The minimum absolute atomic E-state index is 0.0782. The molecule has 0 saturated heterocycles. The Morgan fingerprint density at radius 3 is 0.814 bits per heavy atom. The van der Waals surface area contributed by atoms with Gasteiger partial charge in [-0.3, -0.25) is 14.4 Å². The fraction of sp³-hybridized carbons (Fsp3) is 0.828. The maximum atomic E-state index is 12.9. The van der Waals surface area contributed by atoms with E-state index in [1.807, 2.05) is 0 Å². The Bertz CT molecular complexity index is 1220. The summed E-state index contributed by atoms with van der Waals surface area (Å²) in [5.74, 6) is -0.880. The average Bonchev–Trinajstić information content (AvgIpc) is 3.36. The van der Waals surface area contributed by atoms with Crippen molar-refractivity contribution in [3.05, 3.63) is 48.6 Å². The summed E-state index contributed by atoms with van der Waals surface area (Å²) in [6, 6.07) is 0. The molecule has 1 atom stereocenters. The molecule has 70 heavy (non-hydrogen) atoms. The maximum absolute atomic E-state index is 12.9. The summed E-state index contributed by atoms with van der Waals surface area (Å²) in [6.45, 7) is 6.64. The Balaban J connectivity index is 4.37. The van der Waals surface area contributed by atoms with Crippen molar-refractivity contribution in [3.63, 3.8) is 0 Å². The van der Waals surface area contributed by atoms with Crippen molar-refractivity contribution < 1.29 is 28.6 Å². The van der Waals surface area contributed by atoms with Gasteiger partial charge in [-0.15, -0.1) is 0 Å². The second kappa shape index (κ2) is 58.9. The third kappa shape index (κ3) is 56.3. The zero-order valence-electron chi connectivity index (χ0n) is 46.8. The van der Waals surface area contributed by atoms with Gasteiger partial charge in [-0.2, -0.15) is 0 Å². The van der Waals surface area contributed by atoms with Crippen LogP contribution in [-0.4, -0.2) is 37.2 Å². The monoisotopic (exact) mass is 981 g/mol. The molecule has 6 heteroatoms. The van der Waals surface area contributed by atoms with E-state index in [4.69, 9.17) is 14.2 Å². The number of carbonyl (C=O) groups is 3. The second-order valence-electron chi connectivity index (χ2n) is 20.6. The van der Waals surface area contributed by atoms with E-state index in [-0.39, 0.29) is 31.1 Å². The van der Waals surface area contributed by atoms with Crippen molar-refractivity contribution in [2.45, 2.75) is 329 Å². The maximum Gasteiger partial charge on any atom is 0.306 e. The number of hydrogen-bond acceptors (Lipinski definition) is 6. The standard InChI is InChI=1S/C64H116O6/c1-4-7-10-13-16-19-22-25-28-30-32-34-36-39-42-45-48-51-54-57-63(66)69-60-61(59-68-62(65)56-53-50-47-44-41-38-35-27-24-21-18-15-12-9-6-3)70-64(67)58-55-52-49-46-43-40-37-33-31-29-26-23-20-17-14-11-8-5-2/h20,23,25,27-29,31,35,61H,4-19,21-22,24,26,30,32-34,36-60H2,1-3H3/b23-20-,28-25-,31-29-,35-27-. The molecule has 1 unspecified atom stereocenters. The first-order valence-corrected chi connectivity index (χ1v) is 30.6. The summed E-state index contributed by atoms with van der Waals surface area (Å²) < 4.78 is 16.9. The van der Waals surface area contributed by atoms with Crippen molar-refractivity contribution >= 4 is 17.9 Å². The second-order valence-corrected chi connectivity index (χ2v) is 20.6. The molecule has 0 saturated carbocycles. The molecule has 0 amide bonds. The summed E-state index contributed by atoms with van der Waals surface area (Å²) in [6.07, 6.45) is 72.4. The number of carbonyl (C=O) groups excluding carboxylic acids is 3. The largest absolute Gasteiger partial charge is 0.462 e. The fourth-order valence-electron chi connectivity index (χ4n) is 8.88. The van der Waals surface area contributed by atoms with E-state index in [0.717, 1.165) is 77.0 Å². The molecule has 0 fully saturated rings. The molecule has 0 aliphatic heterocycles. The normalized spacial score (nSPS) is 12.3. The lowest BCUT2D eigenvalue weighted by Crippen LogP contribution is -2.30. The van der Waals surface area contributed by atoms with E-state index in [2.05, 4.69) is 69.4 Å². The van der Waals surface area contributed by atoms with E-state index in [9.17, 15) is 14.4 Å². The minimum atomic E-state index is -0.781. The van der Waals surface area contributed by atoms with Crippen LogP contribution in [0.15, 0.2) is 48.6 Å². The highest BCUT2D eigenvalue weighted by Crippen LogP contribution is 2.16. The number of ether oxygens (including phenoxy) is 3. The van der Waals surface area contributed by atoms with Gasteiger partial charge in [0.25, 0.3) is 0 Å². The topological polar surface area (TPSA) is 78.9 Å². The van der Waals surface area contributed by atoms with E-state index in [0.29, 0.717) is 19.3 Å². The van der Waals surface area contributed by atoms with Crippen LogP contribution < -0.4 is 0 Å². The Hall–Kier alpha value is -2.63. The molecule has 0 N–H and O–H groups in total. The van der Waals surface area contributed by atoms with Crippen LogP contribution in [-0.2, 0) is 28.6 Å². The smallest absolute Gasteiger partial charge is 0.306 e. The van der Waals surface area contributed by atoms with Crippen molar-refractivity contribution in [2.75, 3.05) is 13.2 Å². The predicted octanol–water partition coefficient (Wildman–Crippen LogP) is 20.6. The quantitative estimate of drug-likeness (QED) is 0.0261.